The smallest absolute Gasteiger partial charge is 0.246 e. The van der Waals surface area contributed by atoms with Crippen LogP contribution in [0, 0.1) is 23.7 Å². The molecule has 8 atom stereocenters. The van der Waals surface area contributed by atoms with Crippen LogP contribution in [0.15, 0.2) is 66.7 Å². The predicted octanol–water partition coefficient (Wildman–Crippen LogP) is 3.93. The fraction of sp³-hybridized carbons (Fsp3) is 0.469. The van der Waals surface area contributed by atoms with Gasteiger partial charge in [-0.1, -0.05) is 69.2 Å². The molecule has 4 unspecified atom stereocenters. The molecule has 3 fully saturated rings. The molecule has 2 saturated heterocycles. The molecule has 2 N–H and O–H groups in total. The van der Waals surface area contributed by atoms with E-state index in [4.69, 9.17) is 9.47 Å². The average Bonchev–Trinajstić information content (AvgIpc) is 3.60. The summed E-state index contributed by atoms with van der Waals surface area (Å²) in [6, 6.07) is 15.9. The molecule has 2 aromatic carbocycles. The Morgan fingerprint density at radius 1 is 1.05 bits per heavy atom. The lowest BCUT2D eigenvalue weighted by molar-refractivity contribution is -0.142. The summed E-state index contributed by atoms with van der Waals surface area (Å²) >= 11 is 0. The van der Waals surface area contributed by atoms with Crippen LogP contribution in [0.3, 0.4) is 0 Å². The standard InChI is InChI=1S/C32H37N3O5/c1-19-8-7-11-24(20(19)2)34-30(37)28-32-17-16-25(40-32)26(29(36)33-22-12-14-23(39-3)15-13-22)27(32)31(38)35(28)18-21-9-5-4-6-10-21/h4-6,9-10,12-17,19-20,24-28H,7-8,11,18H2,1-3H3,(H,33,36)(H,34,37)/t19?,20?,24?,25-,26-,27+,28?,32+/m0/s1. The van der Waals surface area contributed by atoms with E-state index < -0.39 is 29.6 Å². The lowest BCUT2D eigenvalue weighted by Crippen LogP contribution is -2.57. The van der Waals surface area contributed by atoms with Gasteiger partial charge >= 0.3 is 0 Å². The van der Waals surface area contributed by atoms with Gasteiger partial charge in [-0.25, -0.2) is 0 Å². The summed E-state index contributed by atoms with van der Waals surface area (Å²) in [6.07, 6.45) is 6.27. The first-order chi connectivity index (χ1) is 19.3. The van der Waals surface area contributed by atoms with E-state index in [0.29, 0.717) is 23.3 Å². The number of benzene rings is 2. The number of nitrogens with one attached hydrogen (secondary N) is 2. The number of carbonyl (C=O) groups is 3. The van der Waals surface area contributed by atoms with E-state index in [1.807, 2.05) is 42.5 Å². The Kier molecular flexibility index (Phi) is 6.90. The fourth-order valence-corrected chi connectivity index (χ4v) is 7.17. The monoisotopic (exact) mass is 543 g/mol. The summed E-state index contributed by atoms with van der Waals surface area (Å²) in [5.74, 6) is -0.733. The van der Waals surface area contributed by atoms with Crippen LogP contribution in [0.2, 0.25) is 0 Å². The maximum Gasteiger partial charge on any atom is 0.246 e. The van der Waals surface area contributed by atoms with Gasteiger partial charge in [0.25, 0.3) is 0 Å². The molecule has 0 aromatic heterocycles. The minimum atomic E-state index is -1.19. The fourth-order valence-electron chi connectivity index (χ4n) is 7.17. The van der Waals surface area contributed by atoms with Crippen LogP contribution in [0.5, 0.6) is 5.75 Å². The molecule has 3 amide bonds. The third kappa shape index (κ3) is 4.38. The summed E-state index contributed by atoms with van der Waals surface area (Å²) in [7, 11) is 1.58. The Labute approximate surface area is 235 Å². The first kappa shape index (κ1) is 26.6. The van der Waals surface area contributed by atoms with Crippen molar-refractivity contribution in [1.29, 1.82) is 0 Å². The highest BCUT2D eigenvalue weighted by atomic mass is 16.5. The van der Waals surface area contributed by atoms with E-state index in [-0.39, 0.29) is 30.3 Å². The zero-order valence-electron chi connectivity index (χ0n) is 23.2. The molecule has 8 heteroatoms. The molecule has 3 heterocycles. The Hall–Kier alpha value is -3.65. The van der Waals surface area contributed by atoms with Crippen molar-refractivity contribution in [3.8, 4) is 5.75 Å². The van der Waals surface area contributed by atoms with Crippen molar-refractivity contribution in [3.05, 3.63) is 72.3 Å². The van der Waals surface area contributed by atoms with Gasteiger partial charge < -0.3 is 25.0 Å². The SMILES string of the molecule is COc1ccc(NC(=O)[C@H]2[C@@H]3C=C[C@]4(O3)C(C(=O)NC3CCCC(C)C3C)N(Cc3ccccc3)C(=O)[C@@H]24)cc1. The van der Waals surface area contributed by atoms with E-state index in [0.717, 1.165) is 24.8 Å². The number of amides is 3. The van der Waals surface area contributed by atoms with Gasteiger partial charge in [-0.15, -0.1) is 0 Å². The molecule has 0 radical (unpaired) electrons. The van der Waals surface area contributed by atoms with Crippen LogP contribution in [-0.2, 0) is 25.7 Å². The number of rotatable bonds is 7. The topological polar surface area (TPSA) is 97.0 Å². The van der Waals surface area contributed by atoms with Gasteiger partial charge in [-0.2, -0.15) is 0 Å². The van der Waals surface area contributed by atoms with Crippen molar-refractivity contribution in [2.24, 2.45) is 23.7 Å². The minimum absolute atomic E-state index is 0.0390. The highest BCUT2D eigenvalue weighted by Gasteiger charge is 2.72. The highest BCUT2D eigenvalue weighted by Crippen LogP contribution is 2.55. The Bertz CT molecular complexity index is 1310. The zero-order valence-corrected chi connectivity index (χ0v) is 23.2. The van der Waals surface area contributed by atoms with Crippen LogP contribution in [-0.4, -0.2) is 53.5 Å². The van der Waals surface area contributed by atoms with Gasteiger partial charge in [-0.05, 0) is 48.1 Å². The molecule has 40 heavy (non-hydrogen) atoms. The average molecular weight is 544 g/mol. The van der Waals surface area contributed by atoms with Gasteiger partial charge in [-0.3, -0.25) is 14.4 Å². The zero-order chi connectivity index (χ0) is 28.0. The molecule has 4 aliphatic rings. The second-order valence-electron chi connectivity index (χ2n) is 11.8. The molecule has 1 spiro atoms. The van der Waals surface area contributed by atoms with Gasteiger partial charge in [0.05, 0.1) is 25.0 Å². The molecule has 2 aromatic rings. The number of anilines is 1. The summed E-state index contributed by atoms with van der Waals surface area (Å²) in [5, 5.41) is 6.26. The van der Waals surface area contributed by atoms with Crippen molar-refractivity contribution in [1.82, 2.24) is 10.2 Å². The van der Waals surface area contributed by atoms with E-state index in [2.05, 4.69) is 24.5 Å². The van der Waals surface area contributed by atoms with Crippen molar-refractivity contribution in [2.45, 2.75) is 63.4 Å². The van der Waals surface area contributed by atoms with E-state index in [1.165, 1.54) is 0 Å². The van der Waals surface area contributed by atoms with Crippen molar-refractivity contribution >= 4 is 23.4 Å². The highest BCUT2D eigenvalue weighted by molar-refractivity contribution is 6.02. The first-order valence-electron chi connectivity index (χ1n) is 14.3. The third-order valence-corrected chi connectivity index (χ3v) is 9.51. The second kappa shape index (κ2) is 10.4. The van der Waals surface area contributed by atoms with Crippen LogP contribution in [0.1, 0.15) is 38.7 Å². The number of ether oxygens (including phenoxy) is 2. The maximum absolute atomic E-state index is 14.2. The molecule has 2 bridgehead atoms. The minimum Gasteiger partial charge on any atom is -0.497 e. The van der Waals surface area contributed by atoms with Gasteiger partial charge in [0, 0.05) is 18.3 Å². The molecule has 8 nitrogen and oxygen atoms in total. The Morgan fingerprint density at radius 3 is 2.52 bits per heavy atom. The maximum atomic E-state index is 14.2. The molecule has 6 rings (SSSR count). The summed E-state index contributed by atoms with van der Waals surface area (Å²) in [4.78, 5) is 43.6. The quantitative estimate of drug-likeness (QED) is 0.516. The Balaban J connectivity index is 1.31. The molecule has 3 aliphatic heterocycles. The molecular formula is C32H37N3O5. The predicted molar refractivity (Wildman–Crippen MR) is 150 cm³/mol. The Morgan fingerprint density at radius 2 is 1.80 bits per heavy atom. The van der Waals surface area contributed by atoms with Crippen molar-refractivity contribution in [3.63, 3.8) is 0 Å². The normalized spacial score (nSPS) is 34.0. The number of carbonyl (C=O) groups excluding carboxylic acids is 3. The third-order valence-electron chi connectivity index (χ3n) is 9.51. The van der Waals surface area contributed by atoms with E-state index in [1.54, 1.807) is 36.3 Å². The molecular weight excluding hydrogens is 506 g/mol. The summed E-state index contributed by atoms with van der Waals surface area (Å²) in [6.45, 7) is 4.69. The molecule has 210 valence electrons. The number of likely N-dealkylation sites (tertiary alicyclic amines) is 1. The van der Waals surface area contributed by atoms with Crippen LogP contribution < -0.4 is 15.4 Å². The number of hydrogen-bond acceptors (Lipinski definition) is 5. The van der Waals surface area contributed by atoms with Crippen LogP contribution in [0.4, 0.5) is 5.69 Å². The lowest BCUT2D eigenvalue weighted by Gasteiger charge is -2.38. The van der Waals surface area contributed by atoms with Crippen LogP contribution >= 0.6 is 0 Å². The number of nitrogens with zero attached hydrogens (tertiary/aromatic N) is 1. The lowest BCUT2D eigenvalue weighted by atomic mass is 9.73. The van der Waals surface area contributed by atoms with Crippen molar-refractivity contribution in [2.75, 3.05) is 12.4 Å². The van der Waals surface area contributed by atoms with Crippen LogP contribution in [0.25, 0.3) is 0 Å². The number of hydrogen-bond donors (Lipinski definition) is 2. The number of methoxy groups -OCH3 is 1. The van der Waals surface area contributed by atoms with Gasteiger partial charge in [0.1, 0.15) is 17.4 Å². The summed E-state index contributed by atoms with van der Waals surface area (Å²) < 4.78 is 11.7. The number of fused-ring (bicyclic) bond motifs is 1. The summed E-state index contributed by atoms with van der Waals surface area (Å²) in [5.41, 5.74) is 0.335. The van der Waals surface area contributed by atoms with E-state index in [9.17, 15) is 14.4 Å². The second-order valence-corrected chi connectivity index (χ2v) is 11.8. The largest absolute Gasteiger partial charge is 0.497 e. The first-order valence-corrected chi connectivity index (χ1v) is 14.3. The van der Waals surface area contributed by atoms with Crippen molar-refractivity contribution < 1.29 is 23.9 Å². The van der Waals surface area contributed by atoms with Gasteiger partial charge in [0.15, 0.2) is 0 Å². The molecule has 1 aliphatic carbocycles. The molecule has 1 saturated carbocycles. The van der Waals surface area contributed by atoms with E-state index >= 15 is 0 Å². The van der Waals surface area contributed by atoms with Gasteiger partial charge in [0.2, 0.25) is 17.7 Å².